The summed E-state index contributed by atoms with van der Waals surface area (Å²) in [7, 11) is 2.86. The molecule has 242 valence electrons. The molecule has 0 saturated heterocycles. The van der Waals surface area contributed by atoms with Crippen LogP contribution in [0.3, 0.4) is 0 Å². The molecule has 0 unspecified atom stereocenters. The van der Waals surface area contributed by atoms with Gasteiger partial charge in [0.25, 0.3) is 11.8 Å². The monoisotopic (exact) mass is 657 g/mol. The van der Waals surface area contributed by atoms with E-state index in [-0.39, 0.29) is 17.4 Å². The van der Waals surface area contributed by atoms with Crippen molar-refractivity contribution in [1.82, 2.24) is 4.98 Å². The number of halogens is 6. The highest BCUT2D eigenvalue weighted by atomic mass is 19.4. The van der Waals surface area contributed by atoms with Gasteiger partial charge < -0.3 is 9.80 Å². The number of hydrogen-bond donors (Lipinski definition) is 0. The Morgan fingerprint density at radius 2 is 1.02 bits per heavy atom. The molecular weight excluding hydrogens is 632 g/mol. The number of hydrogen-bond acceptors (Lipinski definition) is 3. The van der Waals surface area contributed by atoms with Crippen LogP contribution in [-0.4, -0.2) is 30.9 Å². The number of amides is 2. The Morgan fingerprint density at radius 3 is 1.48 bits per heavy atom. The van der Waals surface area contributed by atoms with Crippen molar-refractivity contribution in [3.05, 3.63) is 138 Å². The lowest BCUT2D eigenvalue weighted by Gasteiger charge is -2.27. The molecule has 0 aliphatic carbocycles. The molecule has 0 atom stereocenters. The minimum atomic E-state index is -5.13. The van der Waals surface area contributed by atoms with E-state index in [0.717, 1.165) is 15.7 Å². The zero-order valence-corrected chi connectivity index (χ0v) is 25.4. The van der Waals surface area contributed by atoms with E-state index < -0.39 is 40.9 Å². The van der Waals surface area contributed by atoms with Gasteiger partial charge in [-0.1, -0.05) is 66.7 Å². The number of carbonyl (C=O) groups excluding carboxylic acids is 2. The van der Waals surface area contributed by atoms with Gasteiger partial charge in [-0.25, -0.2) is 0 Å². The predicted molar refractivity (Wildman–Crippen MR) is 173 cm³/mol. The van der Waals surface area contributed by atoms with Crippen molar-refractivity contribution >= 4 is 44.7 Å². The minimum absolute atomic E-state index is 0.0188. The Hall–Kier alpha value is -5.71. The Kier molecular flexibility index (Phi) is 8.16. The first-order valence-electron chi connectivity index (χ1n) is 14.6. The molecule has 0 N–H and O–H groups in total. The van der Waals surface area contributed by atoms with Crippen LogP contribution in [0.1, 0.15) is 32.0 Å². The summed E-state index contributed by atoms with van der Waals surface area (Å²) in [5.74, 6) is -1.52. The maximum atomic E-state index is 13.9. The third-order valence-corrected chi connectivity index (χ3v) is 8.11. The molecule has 0 saturated carbocycles. The topological polar surface area (TPSA) is 53.5 Å². The van der Waals surface area contributed by atoms with E-state index in [1.807, 2.05) is 36.4 Å². The van der Waals surface area contributed by atoms with Crippen LogP contribution in [0.15, 0.2) is 115 Å². The zero-order chi connectivity index (χ0) is 34.4. The average molecular weight is 658 g/mol. The summed E-state index contributed by atoms with van der Waals surface area (Å²) >= 11 is 0. The van der Waals surface area contributed by atoms with Gasteiger partial charge in [-0.15, -0.1) is 0 Å². The number of anilines is 2. The number of aromatic nitrogens is 1. The van der Waals surface area contributed by atoms with Crippen LogP contribution in [0.25, 0.3) is 32.7 Å². The van der Waals surface area contributed by atoms with Crippen molar-refractivity contribution in [3.8, 4) is 11.1 Å². The highest BCUT2D eigenvalue weighted by Gasteiger charge is 2.38. The van der Waals surface area contributed by atoms with Gasteiger partial charge in [-0.05, 0) is 64.0 Å². The third-order valence-electron chi connectivity index (χ3n) is 8.11. The zero-order valence-electron chi connectivity index (χ0n) is 25.4. The van der Waals surface area contributed by atoms with Crippen LogP contribution in [-0.2, 0) is 12.4 Å². The molecule has 6 rings (SSSR count). The van der Waals surface area contributed by atoms with E-state index in [9.17, 15) is 35.9 Å². The van der Waals surface area contributed by atoms with Crippen molar-refractivity contribution in [3.63, 3.8) is 0 Å². The molecule has 0 aliphatic heterocycles. The Labute approximate surface area is 270 Å². The lowest BCUT2D eigenvalue weighted by atomic mass is 9.90. The molecule has 1 aromatic heterocycles. The second-order valence-electron chi connectivity index (χ2n) is 11.1. The van der Waals surface area contributed by atoms with Crippen LogP contribution in [0.5, 0.6) is 0 Å². The molecular formula is C37H25F6N3O2. The summed E-state index contributed by atoms with van der Waals surface area (Å²) in [6.45, 7) is 0. The standard InChI is InChI=1S/C37H25F6N3O2/c1-45(34(47)24-19-25(36(38,39)40)21-26(20-24)37(41,42)43)30-16-14-22-9-3-5-11-27(22)32(30)33-28-12-6-4-10-23(28)15-17-31(33)46(2)35(48)29-13-7-8-18-44-29/h3-21H,1-2H3. The molecule has 0 fully saturated rings. The van der Waals surface area contributed by atoms with E-state index in [2.05, 4.69) is 4.98 Å². The predicted octanol–water partition coefficient (Wildman–Crippen LogP) is 9.65. The molecule has 0 aliphatic rings. The first kappa shape index (κ1) is 32.2. The fraction of sp³-hybridized carbons (Fsp3) is 0.108. The maximum Gasteiger partial charge on any atom is 0.416 e. The van der Waals surface area contributed by atoms with E-state index in [1.54, 1.807) is 61.6 Å². The SMILES string of the molecule is CN(C(=O)c1cc(C(F)(F)F)cc(C(F)(F)F)c1)c1ccc2ccccc2c1-c1c(N(C)C(=O)c2ccccn2)ccc2ccccc12. The highest BCUT2D eigenvalue weighted by Crippen LogP contribution is 2.46. The van der Waals surface area contributed by atoms with Gasteiger partial charge in [0.1, 0.15) is 5.69 Å². The van der Waals surface area contributed by atoms with E-state index >= 15 is 0 Å². The van der Waals surface area contributed by atoms with E-state index in [0.29, 0.717) is 39.7 Å². The van der Waals surface area contributed by atoms with Gasteiger partial charge >= 0.3 is 12.4 Å². The van der Waals surface area contributed by atoms with E-state index in [1.165, 1.54) is 18.1 Å². The largest absolute Gasteiger partial charge is 0.416 e. The van der Waals surface area contributed by atoms with Crippen molar-refractivity contribution in [2.45, 2.75) is 12.4 Å². The molecule has 2 amide bonds. The van der Waals surface area contributed by atoms with Gasteiger partial charge in [0.05, 0.1) is 22.5 Å². The Morgan fingerprint density at radius 1 is 0.562 bits per heavy atom. The van der Waals surface area contributed by atoms with Crippen LogP contribution in [0.2, 0.25) is 0 Å². The molecule has 48 heavy (non-hydrogen) atoms. The molecule has 0 spiro atoms. The van der Waals surface area contributed by atoms with Crippen LogP contribution in [0.4, 0.5) is 37.7 Å². The van der Waals surface area contributed by atoms with Crippen LogP contribution >= 0.6 is 0 Å². The number of rotatable bonds is 5. The summed E-state index contributed by atoms with van der Waals surface area (Å²) in [5.41, 5.74) is -2.22. The molecule has 5 aromatic carbocycles. The van der Waals surface area contributed by atoms with Crippen LogP contribution in [0, 0.1) is 0 Å². The van der Waals surface area contributed by atoms with Crippen LogP contribution < -0.4 is 9.80 Å². The summed E-state index contributed by atoms with van der Waals surface area (Å²) in [6.07, 6.45) is -8.78. The van der Waals surface area contributed by atoms with Gasteiger partial charge in [-0.3, -0.25) is 14.6 Å². The van der Waals surface area contributed by atoms with Crippen molar-refractivity contribution in [2.75, 3.05) is 23.9 Å². The van der Waals surface area contributed by atoms with Gasteiger partial charge in [0, 0.05) is 37.0 Å². The first-order valence-corrected chi connectivity index (χ1v) is 14.6. The first-order chi connectivity index (χ1) is 22.8. The smallest absolute Gasteiger partial charge is 0.311 e. The lowest BCUT2D eigenvalue weighted by Crippen LogP contribution is -2.29. The number of benzene rings is 5. The number of nitrogens with zero attached hydrogens (tertiary/aromatic N) is 3. The molecule has 1 heterocycles. The average Bonchev–Trinajstić information content (AvgIpc) is 3.08. The van der Waals surface area contributed by atoms with Gasteiger partial charge in [0.15, 0.2) is 0 Å². The highest BCUT2D eigenvalue weighted by molar-refractivity contribution is 6.19. The van der Waals surface area contributed by atoms with Gasteiger partial charge in [0.2, 0.25) is 0 Å². The lowest BCUT2D eigenvalue weighted by molar-refractivity contribution is -0.143. The number of fused-ring (bicyclic) bond motifs is 2. The molecule has 5 nitrogen and oxygen atoms in total. The third kappa shape index (κ3) is 5.94. The summed E-state index contributed by atoms with van der Waals surface area (Å²) in [6, 6.07) is 27.1. The Bertz CT molecular complexity index is 2160. The second-order valence-corrected chi connectivity index (χ2v) is 11.1. The summed E-state index contributed by atoms with van der Waals surface area (Å²) in [4.78, 5) is 34.2. The minimum Gasteiger partial charge on any atom is -0.311 e. The summed E-state index contributed by atoms with van der Waals surface area (Å²) < 4.78 is 82.3. The second kappa shape index (κ2) is 12.1. The number of pyridine rings is 1. The Balaban J connectivity index is 1.61. The number of alkyl halides is 6. The van der Waals surface area contributed by atoms with E-state index in [4.69, 9.17) is 0 Å². The molecule has 0 bridgehead atoms. The van der Waals surface area contributed by atoms with Gasteiger partial charge in [-0.2, -0.15) is 26.3 Å². The number of carbonyl (C=O) groups is 2. The normalized spacial score (nSPS) is 11.9. The molecule has 6 aromatic rings. The fourth-order valence-electron chi connectivity index (χ4n) is 5.76. The quantitative estimate of drug-likeness (QED) is 0.174. The molecule has 11 heteroatoms. The van der Waals surface area contributed by atoms with Crippen molar-refractivity contribution < 1.29 is 35.9 Å². The maximum absolute atomic E-state index is 13.9. The van der Waals surface area contributed by atoms with Crippen molar-refractivity contribution in [2.24, 2.45) is 0 Å². The molecule has 0 radical (unpaired) electrons. The van der Waals surface area contributed by atoms with Crippen molar-refractivity contribution in [1.29, 1.82) is 0 Å². The fourth-order valence-corrected chi connectivity index (χ4v) is 5.76. The summed E-state index contributed by atoms with van der Waals surface area (Å²) in [5, 5.41) is 2.85.